The molecule has 0 saturated carbocycles. The highest BCUT2D eigenvalue weighted by Gasteiger charge is 2.15. The van der Waals surface area contributed by atoms with Gasteiger partial charge in [0.2, 0.25) is 0 Å². The number of fused-ring (bicyclic) bond motifs is 1. The zero-order valence-corrected chi connectivity index (χ0v) is 11.3. The van der Waals surface area contributed by atoms with Gasteiger partial charge in [0.1, 0.15) is 11.8 Å². The summed E-state index contributed by atoms with van der Waals surface area (Å²) in [6.45, 7) is 1.91. The third-order valence-corrected chi connectivity index (χ3v) is 3.11. The summed E-state index contributed by atoms with van der Waals surface area (Å²) >= 11 is 0. The summed E-state index contributed by atoms with van der Waals surface area (Å²) in [7, 11) is 1.53. The lowest BCUT2D eigenvalue weighted by Crippen LogP contribution is -2.34. The van der Waals surface area contributed by atoms with Crippen LogP contribution in [0.4, 0.5) is 0 Å². The monoisotopic (exact) mass is 276 g/mol. The van der Waals surface area contributed by atoms with Crippen molar-refractivity contribution in [1.82, 2.24) is 4.98 Å². The van der Waals surface area contributed by atoms with Gasteiger partial charge in [-0.2, -0.15) is 0 Å². The van der Waals surface area contributed by atoms with Crippen molar-refractivity contribution in [2.45, 2.75) is 19.4 Å². The maximum atomic E-state index is 12.0. The van der Waals surface area contributed by atoms with E-state index in [4.69, 9.17) is 15.6 Å². The number of nitrogens with one attached hydrogen (secondary N) is 1. The Morgan fingerprint density at radius 1 is 1.45 bits per heavy atom. The fourth-order valence-corrected chi connectivity index (χ4v) is 2.11. The number of aromatic amines is 1. The van der Waals surface area contributed by atoms with Crippen molar-refractivity contribution < 1.29 is 14.6 Å². The Labute approximate surface area is 115 Å². The van der Waals surface area contributed by atoms with E-state index in [1.165, 1.54) is 7.11 Å². The van der Waals surface area contributed by atoms with Gasteiger partial charge < -0.3 is 20.6 Å². The Morgan fingerprint density at radius 3 is 2.75 bits per heavy atom. The number of nitrogens with two attached hydrogens (primary N) is 1. The lowest BCUT2D eigenvalue weighted by atomic mass is 10.0. The minimum absolute atomic E-state index is 0.0170. The summed E-state index contributed by atoms with van der Waals surface area (Å²) in [5.41, 5.74) is 7.04. The lowest BCUT2D eigenvalue weighted by Gasteiger charge is -2.10. The molecule has 0 aliphatic rings. The third-order valence-electron chi connectivity index (χ3n) is 3.11. The van der Waals surface area contributed by atoms with E-state index in [2.05, 4.69) is 4.98 Å². The van der Waals surface area contributed by atoms with Crippen molar-refractivity contribution in [2.75, 3.05) is 7.11 Å². The van der Waals surface area contributed by atoms with Crippen LogP contribution in [0.3, 0.4) is 0 Å². The van der Waals surface area contributed by atoms with Crippen molar-refractivity contribution in [1.29, 1.82) is 0 Å². The number of H-pyrrole nitrogens is 1. The Bertz CT molecular complexity index is 721. The van der Waals surface area contributed by atoms with Gasteiger partial charge in [-0.15, -0.1) is 0 Å². The summed E-state index contributed by atoms with van der Waals surface area (Å²) in [4.78, 5) is 25.5. The van der Waals surface area contributed by atoms with Crippen LogP contribution >= 0.6 is 0 Å². The SMILES string of the molecule is COc1cc(C)cc2cc(CC(N)C(=O)O)c(=O)[nH]c12. The Morgan fingerprint density at radius 2 is 2.15 bits per heavy atom. The van der Waals surface area contributed by atoms with E-state index in [9.17, 15) is 9.59 Å². The first-order chi connectivity index (χ1) is 9.42. The van der Waals surface area contributed by atoms with Crippen molar-refractivity contribution in [3.05, 3.63) is 39.7 Å². The number of carbonyl (C=O) groups is 1. The molecule has 2 aromatic rings. The number of rotatable bonds is 4. The van der Waals surface area contributed by atoms with Gasteiger partial charge >= 0.3 is 5.97 Å². The van der Waals surface area contributed by atoms with Crippen LogP contribution in [0.1, 0.15) is 11.1 Å². The Hall–Kier alpha value is -2.34. The summed E-state index contributed by atoms with van der Waals surface area (Å²) < 4.78 is 5.23. The smallest absolute Gasteiger partial charge is 0.320 e. The van der Waals surface area contributed by atoms with Gasteiger partial charge in [-0.1, -0.05) is 0 Å². The number of aromatic nitrogens is 1. The van der Waals surface area contributed by atoms with E-state index in [1.54, 1.807) is 6.07 Å². The van der Waals surface area contributed by atoms with Crippen molar-refractivity contribution in [3.8, 4) is 5.75 Å². The maximum absolute atomic E-state index is 12.0. The molecule has 106 valence electrons. The highest BCUT2D eigenvalue weighted by atomic mass is 16.5. The predicted octanol–water partition coefficient (Wildman–Crippen LogP) is 0.800. The summed E-state index contributed by atoms with van der Waals surface area (Å²) in [5, 5.41) is 9.60. The quantitative estimate of drug-likeness (QED) is 0.766. The van der Waals surface area contributed by atoms with Gasteiger partial charge in [0.15, 0.2) is 0 Å². The second-order valence-electron chi connectivity index (χ2n) is 4.70. The van der Waals surface area contributed by atoms with Crippen LogP contribution in [0, 0.1) is 6.92 Å². The van der Waals surface area contributed by atoms with Crippen molar-refractivity contribution in [3.63, 3.8) is 0 Å². The number of carboxylic acids is 1. The number of methoxy groups -OCH3 is 1. The van der Waals surface area contributed by atoms with Crippen molar-refractivity contribution in [2.24, 2.45) is 5.73 Å². The number of aryl methyl sites for hydroxylation is 1. The zero-order chi connectivity index (χ0) is 14.9. The molecular formula is C14H16N2O4. The maximum Gasteiger partial charge on any atom is 0.320 e. The Kier molecular flexibility index (Phi) is 3.76. The largest absolute Gasteiger partial charge is 0.495 e. The van der Waals surface area contributed by atoms with Gasteiger partial charge in [0.25, 0.3) is 5.56 Å². The molecule has 6 heteroatoms. The first kappa shape index (κ1) is 14.1. The second-order valence-corrected chi connectivity index (χ2v) is 4.70. The first-order valence-electron chi connectivity index (χ1n) is 6.11. The third kappa shape index (κ3) is 2.65. The predicted molar refractivity (Wildman–Crippen MR) is 75.2 cm³/mol. The fraction of sp³-hybridized carbons (Fsp3) is 0.286. The highest BCUT2D eigenvalue weighted by Crippen LogP contribution is 2.25. The molecular weight excluding hydrogens is 260 g/mol. The standard InChI is InChI=1S/C14H16N2O4/c1-7-3-8-5-9(6-10(15)14(18)19)13(17)16-12(8)11(4-7)20-2/h3-5,10H,6,15H2,1-2H3,(H,16,17)(H,18,19). The molecule has 0 aliphatic heterocycles. The molecule has 1 aromatic heterocycles. The topological polar surface area (TPSA) is 105 Å². The molecule has 0 aliphatic carbocycles. The normalized spacial score (nSPS) is 12.3. The number of aliphatic carboxylic acids is 1. The molecule has 0 amide bonds. The van der Waals surface area contributed by atoms with E-state index in [-0.39, 0.29) is 12.0 Å². The lowest BCUT2D eigenvalue weighted by molar-refractivity contribution is -0.138. The molecule has 1 atom stereocenters. The minimum Gasteiger partial charge on any atom is -0.495 e. The van der Waals surface area contributed by atoms with Gasteiger partial charge in [-0.3, -0.25) is 9.59 Å². The number of hydrogen-bond acceptors (Lipinski definition) is 4. The first-order valence-corrected chi connectivity index (χ1v) is 6.11. The van der Waals surface area contributed by atoms with E-state index in [0.29, 0.717) is 16.8 Å². The summed E-state index contributed by atoms with van der Waals surface area (Å²) in [6.07, 6.45) is -0.0170. The van der Waals surface area contributed by atoms with Crippen LogP contribution in [-0.4, -0.2) is 29.2 Å². The molecule has 0 fully saturated rings. The van der Waals surface area contributed by atoms with Gasteiger partial charge in [-0.05, 0) is 30.7 Å². The zero-order valence-electron chi connectivity index (χ0n) is 11.3. The molecule has 2 rings (SSSR count). The molecule has 1 unspecified atom stereocenters. The van der Waals surface area contributed by atoms with Crippen LogP contribution in [-0.2, 0) is 11.2 Å². The van der Waals surface area contributed by atoms with Crippen LogP contribution in [0.25, 0.3) is 10.9 Å². The molecule has 4 N–H and O–H groups in total. The molecule has 20 heavy (non-hydrogen) atoms. The molecule has 1 heterocycles. The highest BCUT2D eigenvalue weighted by molar-refractivity contribution is 5.85. The van der Waals surface area contributed by atoms with Crippen LogP contribution in [0.5, 0.6) is 5.75 Å². The number of carboxylic acid groups (broad SMARTS) is 1. The van der Waals surface area contributed by atoms with E-state index in [0.717, 1.165) is 10.9 Å². The molecule has 6 nitrogen and oxygen atoms in total. The number of pyridine rings is 1. The number of ether oxygens (including phenoxy) is 1. The summed E-state index contributed by atoms with van der Waals surface area (Å²) in [6, 6.07) is 4.28. The average Bonchev–Trinajstić information content (AvgIpc) is 2.39. The minimum atomic E-state index is -1.13. The van der Waals surface area contributed by atoms with Gasteiger partial charge in [0.05, 0.1) is 12.6 Å². The second kappa shape index (κ2) is 5.34. The van der Waals surface area contributed by atoms with E-state index >= 15 is 0 Å². The molecule has 0 radical (unpaired) electrons. The Balaban J connectivity index is 2.57. The number of benzene rings is 1. The molecule has 0 saturated heterocycles. The van der Waals surface area contributed by atoms with E-state index in [1.807, 2.05) is 19.1 Å². The van der Waals surface area contributed by atoms with Gasteiger partial charge in [0, 0.05) is 17.4 Å². The van der Waals surface area contributed by atoms with Gasteiger partial charge in [-0.25, -0.2) is 0 Å². The van der Waals surface area contributed by atoms with Crippen molar-refractivity contribution >= 4 is 16.9 Å². The average molecular weight is 276 g/mol. The van der Waals surface area contributed by atoms with Crippen LogP contribution in [0.15, 0.2) is 23.0 Å². The van der Waals surface area contributed by atoms with Crippen LogP contribution in [0.2, 0.25) is 0 Å². The van der Waals surface area contributed by atoms with E-state index < -0.39 is 12.0 Å². The number of hydrogen-bond donors (Lipinski definition) is 3. The fourth-order valence-electron chi connectivity index (χ4n) is 2.11. The molecule has 0 bridgehead atoms. The summed E-state index contributed by atoms with van der Waals surface area (Å²) in [5.74, 6) is -0.558. The molecule has 1 aromatic carbocycles. The van der Waals surface area contributed by atoms with Crippen LogP contribution < -0.4 is 16.0 Å². The molecule has 0 spiro atoms.